The van der Waals surface area contributed by atoms with Crippen LogP contribution in [0.3, 0.4) is 0 Å². The van der Waals surface area contributed by atoms with Gasteiger partial charge < -0.3 is 4.90 Å². The van der Waals surface area contributed by atoms with Gasteiger partial charge in [-0.2, -0.15) is 0 Å². The van der Waals surface area contributed by atoms with Crippen LogP contribution in [0.5, 0.6) is 0 Å². The number of aromatic nitrogens is 1. The first-order valence-electron chi connectivity index (χ1n) is 5.65. The van der Waals surface area contributed by atoms with Crippen LogP contribution in [0.15, 0.2) is 48.8 Å². The van der Waals surface area contributed by atoms with Gasteiger partial charge >= 0.3 is 0 Å². The predicted octanol–water partition coefficient (Wildman–Crippen LogP) is 2.42. The molecule has 2 heterocycles. The summed E-state index contributed by atoms with van der Waals surface area (Å²) in [4.78, 5) is 6.09. The molecule has 84 valence electrons. The molecule has 0 radical (unpaired) electrons. The standard InChI is InChI=1S/C14H13N3/c15-14-13-4-2-1-3-12(13)10-17(14)9-11-5-7-16-8-6-11/h1-8,15H,9-10H2. The second-order valence-electron chi connectivity index (χ2n) is 4.22. The molecule has 0 fully saturated rings. The number of nitrogens with one attached hydrogen (secondary N) is 1. The number of pyridine rings is 1. The Bertz CT molecular complexity index is 548. The first-order chi connectivity index (χ1) is 8.34. The Morgan fingerprint density at radius 1 is 1.12 bits per heavy atom. The maximum atomic E-state index is 8.15. The van der Waals surface area contributed by atoms with Crippen LogP contribution in [0.4, 0.5) is 0 Å². The van der Waals surface area contributed by atoms with Crippen molar-refractivity contribution in [2.75, 3.05) is 0 Å². The molecule has 1 N–H and O–H groups in total. The molecule has 0 unspecified atom stereocenters. The van der Waals surface area contributed by atoms with Gasteiger partial charge in [0.05, 0.1) is 0 Å². The second kappa shape index (κ2) is 4.01. The molecular formula is C14H13N3. The Morgan fingerprint density at radius 3 is 2.65 bits per heavy atom. The molecule has 0 spiro atoms. The molecule has 3 nitrogen and oxygen atoms in total. The number of nitrogens with zero attached hydrogens (tertiary/aromatic N) is 2. The predicted molar refractivity (Wildman–Crippen MR) is 66.8 cm³/mol. The van der Waals surface area contributed by atoms with Crippen LogP contribution >= 0.6 is 0 Å². The zero-order valence-electron chi connectivity index (χ0n) is 9.43. The van der Waals surface area contributed by atoms with E-state index in [4.69, 9.17) is 5.41 Å². The van der Waals surface area contributed by atoms with E-state index in [-0.39, 0.29) is 0 Å². The molecule has 0 saturated carbocycles. The number of hydrogen-bond donors (Lipinski definition) is 1. The molecule has 0 atom stereocenters. The Hall–Kier alpha value is -2.16. The maximum Gasteiger partial charge on any atom is 0.129 e. The van der Waals surface area contributed by atoms with Gasteiger partial charge in [-0.25, -0.2) is 0 Å². The zero-order valence-corrected chi connectivity index (χ0v) is 9.43. The molecule has 3 rings (SSSR count). The summed E-state index contributed by atoms with van der Waals surface area (Å²) < 4.78 is 0. The van der Waals surface area contributed by atoms with E-state index in [0.717, 1.165) is 18.7 Å². The van der Waals surface area contributed by atoms with Crippen LogP contribution in [0.1, 0.15) is 16.7 Å². The van der Waals surface area contributed by atoms with Crippen molar-refractivity contribution in [3.63, 3.8) is 0 Å². The Balaban J connectivity index is 1.83. The molecule has 2 aromatic rings. The smallest absolute Gasteiger partial charge is 0.129 e. The highest BCUT2D eigenvalue weighted by molar-refractivity contribution is 6.00. The molecule has 17 heavy (non-hydrogen) atoms. The average molecular weight is 223 g/mol. The molecule has 1 aromatic carbocycles. The van der Waals surface area contributed by atoms with Gasteiger partial charge in [-0.3, -0.25) is 10.4 Å². The van der Waals surface area contributed by atoms with E-state index in [0.29, 0.717) is 5.84 Å². The fourth-order valence-electron chi connectivity index (χ4n) is 2.19. The highest BCUT2D eigenvalue weighted by Crippen LogP contribution is 2.23. The summed E-state index contributed by atoms with van der Waals surface area (Å²) in [7, 11) is 0. The Labute approximate surface area is 100 Å². The summed E-state index contributed by atoms with van der Waals surface area (Å²) in [5.41, 5.74) is 3.49. The van der Waals surface area contributed by atoms with E-state index >= 15 is 0 Å². The van der Waals surface area contributed by atoms with Crippen LogP contribution in [0.25, 0.3) is 0 Å². The summed E-state index contributed by atoms with van der Waals surface area (Å²) in [6, 6.07) is 12.1. The minimum Gasteiger partial charge on any atom is -0.348 e. The zero-order chi connectivity index (χ0) is 11.7. The molecule has 0 amide bonds. The van der Waals surface area contributed by atoms with Crippen molar-refractivity contribution in [3.05, 3.63) is 65.5 Å². The van der Waals surface area contributed by atoms with Crippen molar-refractivity contribution >= 4 is 5.84 Å². The lowest BCUT2D eigenvalue weighted by Crippen LogP contribution is -2.23. The largest absolute Gasteiger partial charge is 0.348 e. The summed E-state index contributed by atoms with van der Waals surface area (Å²) >= 11 is 0. The normalized spacial score (nSPS) is 13.9. The van der Waals surface area contributed by atoms with E-state index in [1.165, 1.54) is 11.1 Å². The topological polar surface area (TPSA) is 40.0 Å². The van der Waals surface area contributed by atoms with Gasteiger partial charge in [-0.1, -0.05) is 24.3 Å². The molecule has 0 aliphatic carbocycles. The minimum atomic E-state index is 0.623. The molecule has 1 aliphatic heterocycles. The third-order valence-electron chi connectivity index (χ3n) is 3.07. The van der Waals surface area contributed by atoms with Crippen molar-refractivity contribution in [1.82, 2.24) is 9.88 Å². The summed E-state index contributed by atoms with van der Waals surface area (Å²) in [6.07, 6.45) is 3.59. The van der Waals surface area contributed by atoms with Crippen LogP contribution in [0.2, 0.25) is 0 Å². The van der Waals surface area contributed by atoms with Gasteiger partial charge in [0.2, 0.25) is 0 Å². The van der Waals surface area contributed by atoms with Crippen LogP contribution in [-0.4, -0.2) is 15.7 Å². The first-order valence-corrected chi connectivity index (χ1v) is 5.65. The number of benzene rings is 1. The van der Waals surface area contributed by atoms with E-state index < -0.39 is 0 Å². The van der Waals surface area contributed by atoms with Gasteiger partial charge in [0, 0.05) is 31.0 Å². The van der Waals surface area contributed by atoms with Crippen LogP contribution in [0, 0.1) is 5.41 Å². The summed E-state index contributed by atoms with van der Waals surface area (Å²) in [5, 5.41) is 8.15. The second-order valence-corrected chi connectivity index (χ2v) is 4.22. The molecule has 1 aliphatic rings. The molecular weight excluding hydrogens is 210 g/mol. The number of fused-ring (bicyclic) bond motifs is 1. The summed E-state index contributed by atoms with van der Waals surface area (Å²) in [5.74, 6) is 0.623. The fraction of sp³-hybridized carbons (Fsp3) is 0.143. The van der Waals surface area contributed by atoms with Gasteiger partial charge in [0.15, 0.2) is 0 Å². The average Bonchev–Trinajstić information content (AvgIpc) is 2.68. The van der Waals surface area contributed by atoms with Crippen molar-refractivity contribution < 1.29 is 0 Å². The number of rotatable bonds is 2. The Morgan fingerprint density at radius 2 is 1.88 bits per heavy atom. The van der Waals surface area contributed by atoms with Gasteiger partial charge in [0.25, 0.3) is 0 Å². The van der Waals surface area contributed by atoms with E-state index in [9.17, 15) is 0 Å². The molecule has 0 bridgehead atoms. The maximum absolute atomic E-state index is 8.15. The summed E-state index contributed by atoms with van der Waals surface area (Å²) in [6.45, 7) is 1.60. The number of hydrogen-bond acceptors (Lipinski definition) is 2. The lowest BCUT2D eigenvalue weighted by atomic mass is 10.1. The van der Waals surface area contributed by atoms with Crippen LogP contribution in [-0.2, 0) is 13.1 Å². The third kappa shape index (κ3) is 1.80. The van der Waals surface area contributed by atoms with Gasteiger partial charge in [0.1, 0.15) is 5.84 Å². The van der Waals surface area contributed by atoms with Gasteiger partial charge in [-0.15, -0.1) is 0 Å². The molecule has 1 aromatic heterocycles. The van der Waals surface area contributed by atoms with Crippen molar-refractivity contribution in [2.45, 2.75) is 13.1 Å². The molecule has 0 saturated heterocycles. The Kier molecular flexibility index (Phi) is 2.37. The third-order valence-corrected chi connectivity index (χ3v) is 3.07. The van der Waals surface area contributed by atoms with Crippen molar-refractivity contribution in [1.29, 1.82) is 5.41 Å². The minimum absolute atomic E-state index is 0.623. The van der Waals surface area contributed by atoms with Gasteiger partial charge in [-0.05, 0) is 23.3 Å². The van der Waals surface area contributed by atoms with E-state index in [1.54, 1.807) is 12.4 Å². The first kappa shape index (κ1) is 10.0. The van der Waals surface area contributed by atoms with Crippen LogP contribution < -0.4 is 0 Å². The highest BCUT2D eigenvalue weighted by atomic mass is 15.2. The quantitative estimate of drug-likeness (QED) is 0.849. The monoisotopic (exact) mass is 223 g/mol. The molecule has 3 heteroatoms. The van der Waals surface area contributed by atoms with E-state index in [2.05, 4.69) is 16.0 Å². The van der Waals surface area contributed by atoms with E-state index in [1.807, 2.05) is 30.3 Å². The van der Waals surface area contributed by atoms with Crippen molar-refractivity contribution in [2.24, 2.45) is 0 Å². The fourth-order valence-corrected chi connectivity index (χ4v) is 2.19. The highest BCUT2D eigenvalue weighted by Gasteiger charge is 2.23. The lowest BCUT2D eigenvalue weighted by molar-refractivity contribution is 0.422. The SMILES string of the molecule is N=C1c2ccccc2CN1Cc1ccncc1. The number of amidine groups is 1. The lowest BCUT2D eigenvalue weighted by Gasteiger charge is -2.17. The van der Waals surface area contributed by atoms with Crippen molar-refractivity contribution in [3.8, 4) is 0 Å².